The lowest BCUT2D eigenvalue weighted by molar-refractivity contribution is -0.590. The second kappa shape index (κ2) is 8.04. The number of piperidine rings is 1. The van der Waals surface area contributed by atoms with Crippen LogP contribution in [0, 0.1) is 20.2 Å². The van der Waals surface area contributed by atoms with Gasteiger partial charge in [-0.25, -0.2) is 0 Å². The fourth-order valence-electron chi connectivity index (χ4n) is 7.93. The van der Waals surface area contributed by atoms with E-state index in [0.717, 1.165) is 10.8 Å². The van der Waals surface area contributed by atoms with Crippen molar-refractivity contribution in [3.63, 3.8) is 0 Å². The predicted molar refractivity (Wildman–Crippen MR) is 145 cm³/mol. The van der Waals surface area contributed by atoms with Crippen molar-refractivity contribution in [1.29, 1.82) is 0 Å². The molecule has 0 N–H and O–H groups in total. The Morgan fingerprint density at radius 1 is 1.03 bits per heavy atom. The highest BCUT2D eigenvalue weighted by Crippen LogP contribution is 2.69. The minimum atomic E-state index is -2.25. The second-order valence-electron chi connectivity index (χ2n) is 10.6. The molecule has 7 rings (SSSR count). The van der Waals surface area contributed by atoms with Crippen molar-refractivity contribution in [2.45, 2.75) is 52.2 Å². The molecule has 0 unspecified atom stereocenters. The molecule has 2 saturated heterocycles. The first-order valence-corrected chi connectivity index (χ1v) is 13.7. The van der Waals surface area contributed by atoms with Gasteiger partial charge in [-0.15, -0.1) is 0 Å². The molecule has 3 aromatic rings. The largest absolute Gasteiger partial charge is 0.478 e. The standard InChI is InChI=1S/C27H20Cl3N3O6/c28-27(29,30)24-26(33(37)38)20-9-1-2-12-31(20)25(22(26)17-13-15(32(35)36)10-11-19(17)39-24)18-8-4-6-14-5-3-7-16(21(14)18)23(25)34/h3-8,10-11,13,20,22,24H,1-2,9,12H2/t20-,22+,24-,25+,26+/m0/s1. The summed E-state index contributed by atoms with van der Waals surface area (Å²) in [7, 11) is 0. The molecule has 3 heterocycles. The van der Waals surface area contributed by atoms with E-state index in [1.54, 1.807) is 12.1 Å². The van der Waals surface area contributed by atoms with Gasteiger partial charge in [0.15, 0.2) is 5.78 Å². The number of nitrogens with zero attached hydrogens (tertiary/aromatic N) is 3. The third-order valence-electron chi connectivity index (χ3n) is 9.07. The smallest absolute Gasteiger partial charge is 0.287 e. The summed E-state index contributed by atoms with van der Waals surface area (Å²) in [4.78, 5) is 41.1. The molecule has 1 spiro atoms. The fourth-order valence-corrected chi connectivity index (χ4v) is 8.59. The van der Waals surface area contributed by atoms with Gasteiger partial charge in [0.2, 0.25) is 9.90 Å². The Hall–Kier alpha value is -2.98. The quantitative estimate of drug-likeness (QED) is 0.207. The van der Waals surface area contributed by atoms with Crippen LogP contribution < -0.4 is 4.74 Å². The summed E-state index contributed by atoms with van der Waals surface area (Å²) in [6.07, 6.45) is 0.159. The lowest BCUT2D eigenvalue weighted by Crippen LogP contribution is -2.68. The molecule has 3 aromatic carbocycles. The van der Waals surface area contributed by atoms with E-state index in [2.05, 4.69) is 0 Å². The molecule has 5 atom stereocenters. The van der Waals surface area contributed by atoms with Crippen molar-refractivity contribution in [1.82, 2.24) is 4.90 Å². The zero-order chi connectivity index (χ0) is 27.5. The average Bonchev–Trinajstić information content (AvgIpc) is 3.33. The number of non-ortho nitro benzene ring substituents is 1. The molecule has 0 saturated carbocycles. The van der Waals surface area contributed by atoms with E-state index in [0.29, 0.717) is 36.9 Å². The van der Waals surface area contributed by atoms with Crippen molar-refractivity contribution in [2.24, 2.45) is 0 Å². The highest BCUT2D eigenvalue weighted by molar-refractivity contribution is 6.68. The molecular formula is C27H20Cl3N3O6. The number of nitro benzene ring substituents is 1. The maximum Gasteiger partial charge on any atom is 0.287 e. The normalized spacial score (nSPS) is 31.1. The van der Waals surface area contributed by atoms with E-state index in [1.807, 2.05) is 29.2 Å². The maximum atomic E-state index is 14.8. The van der Waals surface area contributed by atoms with E-state index in [1.165, 1.54) is 18.2 Å². The molecule has 0 bridgehead atoms. The summed E-state index contributed by atoms with van der Waals surface area (Å²) in [5.74, 6) is -1.41. The number of Topliss-reactive ketones (excluding diaryl/α,β-unsaturated/α-hetero) is 1. The van der Waals surface area contributed by atoms with Gasteiger partial charge in [0, 0.05) is 34.7 Å². The number of ether oxygens (including phenoxy) is 1. The Kier molecular flexibility index (Phi) is 5.15. The molecule has 9 nitrogen and oxygen atoms in total. The van der Waals surface area contributed by atoms with Gasteiger partial charge >= 0.3 is 0 Å². The number of ketones is 1. The Balaban J connectivity index is 1.66. The Bertz CT molecular complexity index is 1620. The highest BCUT2D eigenvalue weighted by atomic mass is 35.6. The molecule has 4 aliphatic rings. The first-order valence-electron chi connectivity index (χ1n) is 12.6. The van der Waals surface area contributed by atoms with Crippen molar-refractivity contribution in [3.8, 4) is 5.75 Å². The molecule has 0 amide bonds. The van der Waals surface area contributed by atoms with Crippen LogP contribution in [0.4, 0.5) is 5.69 Å². The number of carbonyl (C=O) groups is 1. The number of rotatable bonds is 2. The highest BCUT2D eigenvalue weighted by Gasteiger charge is 2.84. The first kappa shape index (κ1) is 25.0. The lowest BCUT2D eigenvalue weighted by Gasteiger charge is -2.45. The van der Waals surface area contributed by atoms with Crippen LogP contribution in [0.1, 0.15) is 46.7 Å². The molecule has 1 aliphatic carbocycles. The average molecular weight is 589 g/mol. The van der Waals surface area contributed by atoms with Crippen LogP contribution in [0.25, 0.3) is 10.8 Å². The number of hydrogen-bond donors (Lipinski definition) is 0. The van der Waals surface area contributed by atoms with Crippen LogP contribution in [0.5, 0.6) is 5.75 Å². The van der Waals surface area contributed by atoms with Crippen molar-refractivity contribution < 1.29 is 19.4 Å². The SMILES string of the molecule is O=C1c2cccc3cccc(c23)[C@@]12[C@H]1c3cc([N+](=O)[O-])ccc3O[C@H](C(Cl)(Cl)Cl)[C@@]1([N+](=O)[O-])[C@@H]1CCCCN12. The Labute approximate surface area is 236 Å². The van der Waals surface area contributed by atoms with E-state index in [9.17, 15) is 25.0 Å². The monoisotopic (exact) mass is 587 g/mol. The molecule has 200 valence electrons. The molecule has 39 heavy (non-hydrogen) atoms. The maximum absolute atomic E-state index is 14.8. The molecule has 2 fully saturated rings. The van der Waals surface area contributed by atoms with Crippen LogP contribution in [0.3, 0.4) is 0 Å². The minimum Gasteiger partial charge on any atom is -0.478 e. The van der Waals surface area contributed by atoms with E-state index in [4.69, 9.17) is 39.5 Å². The zero-order valence-corrected chi connectivity index (χ0v) is 22.4. The number of carbonyl (C=O) groups excluding carboxylic acids is 1. The van der Waals surface area contributed by atoms with E-state index >= 15 is 0 Å². The lowest BCUT2D eigenvalue weighted by atomic mass is 9.63. The van der Waals surface area contributed by atoms with Gasteiger partial charge in [0.1, 0.15) is 11.3 Å². The van der Waals surface area contributed by atoms with E-state index < -0.39 is 42.8 Å². The number of fused-ring (bicyclic) bond motifs is 8. The minimum absolute atomic E-state index is 0.120. The summed E-state index contributed by atoms with van der Waals surface area (Å²) in [6.45, 7) is 0.393. The summed E-state index contributed by atoms with van der Waals surface area (Å²) >= 11 is 19.4. The number of alkyl halides is 3. The van der Waals surface area contributed by atoms with Crippen LogP contribution in [-0.4, -0.2) is 48.6 Å². The van der Waals surface area contributed by atoms with Gasteiger partial charge in [-0.1, -0.05) is 77.6 Å². The van der Waals surface area contributed by atoms with Crippen LogP contribution in [-0.2, 0) is 5.54 Å². The number of hydrogen-bond acceptors (Lipinski definition) is 7. The summed E-state index contributed by atoms with van der Waals surface area (Å²) in [5, 5.41) is 27.0. The second-order valence-corrected chi connectivity index (χ2v) is 13.0. The Morgan fingerprint density at radius 3 is 2.46 bits per heavy atom. The van der Waals surface area contributed by atoms with Gasteiger partial charge in [0.05, 0.1) is 16.9 Å². The molecule has 0 radical (unpaired) electrons. The summed E-state index contributed by atoms with van der Waals surface area (Å²) < 4.78 is 3.90. The number of benzene rings is 3. The van der Waals surface area contributed by atoms with Gasteiger partial charge < -0.3 is 4.74 Å². The van der Waals surface area contributed by atoms with Crippen LogP contribution in [0.15, 0.2) is 54.6 Å². The number of nitro groups is 2. The van der Waals surface area contributed by atoms with Crippen molar-refractivity contribution in [3.05, 3.63) is 91.5 Å². The summed E-state index contributed by atoms with van der Waals surface area (Å²) in [5.41, 5.74) is -2.65. The number of halogens is 3. The third-order valence-corrected chi connectivity index (χ3v) is 9.66. The van der Waals surface area contributed by atoms with Gasteiger partial charge in [-0.3, -0.25) is 29.9 Å². The molecule has 12 heteroatoms. The summed E-state index contributed by atoms with van der Waals surface area (Å²) in [6, 6.07) is 14.0. The van der Waals surface area contributed by atoms with Crippen molar-refractivity contribution in [2.75, 3.05) is 6.54 Å². The zero-order valence-electron chi connectivity index (χ0n) is 20.2. The van der Waals surface area contributed by atoms with Crippen LogP contribution >= 0.6 is 34.8 Å². The van der Waals surface area contributed by atoms with Gasteiger partial charge in [0.25, 0.3) is 11.2 Å². The fraction of sp³-hybridized carbons (Fsp3) is 0.370. The molecular weight excluding hydrogens is 569 g/mol. The van der Waals surface area contributed by atoms with E-state index in [-0.39, 0.29) is 22.8 Å². The van der Waals surface area contributed by atoms with Gasteiger partial charge in [-0.2, -0.15) is 0 Å². The van der Waals surface area contributed by atoms with Crippen LogP contribution in [0.2, 0.25) is 0 Å². The first-order chi connectivity index (χ1) is 18.6. The topological polar surface area (TPSA) is 116 Å². The molecule has 0 aromatic heterocycles. The third kappa shape index (κ3) is 2.89. The predicted octanol–water partition coefficient (Wildman–Crippen LogP) is 5.94. The van der Waals surface area contributed by atoms with Crippen molar-refractivity contribution >= 4 is 57.0 Å². The molecule has 3 aliphatic heterocycles. The van der Waals surface area contributed by atoms with Gasteiger partial charge in [-0.05, 0) is 35.2 Å². The Morgan fingerprint density at radius 2 is 1.77 bits per heavy atom.